The SMILES string of the molecule is COCCOCC(=O)NCCc1cc(O)c(O)cc1C. The molecule has 0 saturated heterocycles. The lowest BCUT2D eigenvalue weighted by atomic mass is 10.0. The molecule has 6 nitrogen and oxygen atoms in total. The molecule has 1 rings (SSSR count). The number of amides is 1. The number of phenolic OH excluding ortho intramolecular Hbond substituents is 2. The van der Waals surface area contributed by atoms with Gasteiger partial charge in [-0.15, -0.1) is 0 Å². The van der Waals surface area contributed by atoms with Crippen LogP contribution in [0.5, 0.6) is 11.5 Å². The van der Waals surface area contributed by atoms with Crippen LogP contribution in [0.25, 0.3) is 0 Å². The van der Waals surface area contributed by atoms with Gasteiger partial charge in [-0.2, -0.15) is 0 Å². The lowest BCUT2D eigenvalue weighted by Crippen LogP contribution is -2.30. The first-order valence-electron chi connectivity index (χ1n) is 6.39. The van der Waals surface area contributed by atoms with Crippen LogP contribution < -0.4 is 5.32 Å². The maximum atomic E-state index is 11.4. The number of methoxy groups -OCH3 is 1. The van der Waals surface area contributed by atoms with Crippen LogP contribution in [0.15, 0.2) is 12.1 Å². The van der Waals surface area contributed by atoms with Gasteiger partial charge in [-0.3, -0.25) is 4.79 Å². The number of nitrogens with one attached hydrogen (secondary N) is 1. The molecule has 0 spiro atoms. The third-order valence-electron chi connectivity index (χ3n) is 2.81. The standard InChI is InChI=1S/C14H21NO5/c1-10-7-12(16)13(17)8-11(10)3-4-15-14(18)9-20-6-5-19-2/h7-8,16-17H,3-6,9H2,1-2H3,(H,15,18). The van der Waals surface area contributed by atoms with Gasteiger partial charge >= 0.3 is 0 Å². The van der Waals surface area contributed by atoms with Crippen molar-refractivity contribution in [3.63, 3.8) is 0 Å². The van der Waals surface area contributed by atoms with Gasteiger partial charge in [0, 0.05) is 13.7 Å². The number of ether oxygens (including phenoxy) is 2. The van der Waals surface area contributed by atoms with Crippen molar-refractivity contribution in [1.29, 1.82) is 0 Å². The molecule has 1 amide bonds. The third-order valence-corrected chi connectivity index (χ3v) is 2.81. The predicted molar refractivity (Wildman–Crippen MR) is 73.9 cm³/mol. The molecule has 0 bridgehead atoms. The van der Waals surface area contributed by atoms with Crippen LogP contribution in [0, 0.1) is 6.92 Å². The Labute approximate surface area is 118 Å². The van der Waals surface area contributed by atoms with Gasteiger partial charge in [0.15, 0.2) is 11.5 Å². The number of carbonyl (C=O) groups excluding carboxylic acids is 1. The van der Waals surface area contributed by atoms with E-state index in [9.17, 15) is 15.0 Å². The maximum Gasteiger partial charge on any atom is 0.246 e. The van der Waals surface area contributed by atoms with Gasteiger partial charge in [-0.25, -0.2) is 0 Å². The minimum atomic E-state index is -0.193. The molecule has 0 aliphatic carbocycles. The molecule has 3 N–H and O–H groups in total. The maximum absolute atomic E-state index is 11.4. The topological polar surface area (TPSA) is 88.0 Å². The summed E-state index contributed by atoms with van der Waals surface area (Å²) in [5.74, 6) is -0.483. The highest BCUT2D eigenvalue weighted by Crippen LogP contribution is 2.27. The Balaban J connectivity index is 2.30. The van der Waals surface area contributed by atoms with Crippen LogP contribution in [-0.4, -0.2) is 49.6 Å². The smallest absolute Gasteiger partial charge is 0.246 e. The van der Waals surface area contributed by atoms with Crippen molar-refractivity contribution in [3.8, 4) is 11.5 Å². The molecular formula is C14H21NO5. The summed E-state index contributed by atoms with van der Waals surface area (Å²) in [7, 11) is 1.57. The zero-order valence-electron chi connectivity index (χ0n) is 11.8. The summed E-state index contributed by atoms with van der Waals surface area (Å²) < 4.78 is 9.88. The second-order valence-electron chi connectivity index (χ2n) is 4.41. The largest absolute Gasteiger partial charge is 0.504 e. The third kappa shape index (κ3) is 5.46. The van der Waals surface area contributed by atoms with Crippen molar-refractivity contribution in [2.75, 3.05) is 33.5 Å². The molecule has 0 aliphatic heterocycles. The van der Waals surface area contributed by atoms with Crippen LogP contribution >= 0.6 is 0 Å². The Kier molecular flexibility index (Phi) is 6.83. The van der Waals surface area contributed by atoms with Gasteiger partial charge in [0.25, 0.3) is 0 Å². The van der Waals surface area contributed by atoms with Crippen molar-refractivity contribution in [2.45, 2.75) is 13.3 Å². The van der Waals surface area contributed by atoms with E-state index >= 15 is 0 Å². The zero-order chi connectivity index (χ0) is 15.0. The van der Waals surface area contributed by atoms with E-state index in [4.69, 9.17) is 9.47 Å². The summed E-state index contributed by atoms with van der Waals surface area (Å²) in [6.07, 6.45) is 0.573. The van der Waals surface area contributed by atoms with Crippen molar-refractivity contribution >= 4 is 5.91 Å². The van der Waals surface area contributed by atoms with Gasteiger partial charge < -0.3 is 25.0 Å². The number of carbonyl (C=O) groups is 1. The highest BCUT2D eigenvalue weighted by atomic mass is 16.5. The average Bonchev–Trinajstić information content (AvgIpc) is 2.40. The Bertz CT molecular complexity index is 447. The highest BCUT2D eigenvalue weighted by Gasteiger charge is 2.06. The normalized spacial score (nSPS) is 10.5. The van der Waals surface area contributed by atoms with E-state index in [1.807, 2.05) is 6.92 Å². The average molecular weight is 283 g/mol. The van der Waals surface area contributed by atoms with Crippen molar-refractivity contribution < 1.29 is 24.5 Å². The summed E-state index contributed by atoms with van der Waals surface area (Å²) in [4.78, 5) is 11.4. The van der Waals surface area contributed by atoms with Crippen LogP contribution in [0.1, 0.15) is 11.1 Å². The molecule has 1 aromatic rings. The molecule has 0 radical (unpaired) electrons. The number of hydrogen-bond donors (Lipinski definition) is 3. The molecule has 0 fully saturated rings. The fourth-order valence-electron chi connectivity index (χ4n) is 1.69. The number of aryl methyl sites for hydroxylation is 1. The molecule has 0 aliphatic rings. The molecule has 0 unspecified atom stereocenters. The molecule has 6 heteroatoms. The summed E-state index contributed by atoms with van der Waals surface area (Å²) in [5.41, 5.74) is 1.74. The molecule has 0 aromatic heterocycles. The van der Waals surface area contributed by atoms with E-state index in [0.29, 0.717) is 26.2 Å². The molecule has 0 atom stereocenters. The molecule has 0 heterocycles. The number of aromatic hydroxyl groups is 2. The van der Waals surface area contributed by atoms with E-state index in [-0.39, 0.29) is 24.0 Å². The minimum absolute atomic E-state index is 0.00314. The fraction of sp³-hybridized carbons (Fsp3) is 0.500. The fourth-order valence-corrected chi connectivity index (χ4v) is 1.69. The number of rotatable bonds is 8. The van der Waals surface area contributed by atoms with Gasteiger partial charge in [-0.05, 0) is 36.6 Å². The van der Waals surface area contributed by atoms with Gasteiger partial charge in [0.05, 0.1) is 13.2 Å². The van der Waals surface area contributed by atoms with Gasteiger partial charge in [-0.1, -0.05) is 0 Å². The van der Waals surface area contributed by atoms with Crippen molar-refractivity contribution in [3.05, 3.63) is 23.3 Å². The summed E-state index contributed by atoms with van der Waals surface area (Å²) in [6.45, 7) is 3.12. The molecule has 20 heavy (non-hydrogen) atoms. The Morgan fingerprint density at radius 3 is 2.65 bits per heavy atom. The molecular weight excluding hydrogens is 262 g/mol. The summed E-state index contributed by atoms with van der Waals surface area (Å²) in [6, 6.07) is 3.01. The van der Waals surface area contributed by atoms with E-state index in [1.165, 1.54) is 12.1 Å². The molecule has 112 valence electrons. The monoisotopic (exact) mass is 283 g/mol. The first-order valence-corrected chi connectivity index (χ1v) is 6.39. The van der Waals surface area contributed by atoms with Crippen LogP contribution in [-0.2, 0) is 20.7 Å². The lowest BCUT2D eigenvalue weighted by molar-refractivity contribution is -0.126. The number of benzene rings is 1. The van der Waals surface area contributed by atoms with Gasteiger partial charge in [0.1, 0.15) is 6.61 Å². The summed E-state index contributed by atoms with van der Waals surface area (Å²) in [5, 5.41) is 21.5. The minimum Gasteiger partial charge on any atom is -0.504 e. The van der Waals surface area contributed by atoms with Crippen LogP contribution in [0.4, 0.5) is 0 Å². The first kappa shape index (κ1) is 16.3. The highest BCUT2D eigenvalue weighted by molar-refractivity contribution is 5.77. The number of phenols is 2. The molecule has 0 saturated carbocycles. The van der Waals surface area contributed by atoms with Crippen LogP contribution in [0.2, 0.25) is 0 Å². The zero-order valence-corrected chi connectivity index (χ0v) is 11.8. The van der Waals surface area contributed by atoms with E-state index in [0.717, 1.165) is 11.1 Å². The Hall–Kier alpha value is -1.79. The van der Waals surface area contributed by atoms with E-state index in [2.05, 4.69) is 5.32 Å². The Morgan fingerprint density at radius 2 is 1.95 bits per heavy atom. The van der Waals surface area contributed by atoms with Crippen molar-refractivity contribution in [2.24, 2.45) is 0 Å². The quantitative estimate of drug-likeness (QED) is 0.483. The predicted octanol–water partition coefficient (Wildman–Crippen LogP) is 0.728. The van der Waals surface area contributed by atoms with Crippen molar-refractivity contribution in [1.82, 2.24) is 5.32 Å². The first-order chi connectivity index (χ1) is 9.54. The summed E-state index contributed by atoms with van der Waals surface area (Å²) >= 11 is 0. The second kappa shape index (κ2) is 8.39. The van der Waals surface area contributed by atoms with E-state index in [1.54, 1.807) is 7.11 Å². The molecule has 1 aromatic carbocycles. The number of hydrogen-bond acceptors (Lipinski definition) is 5. The second-order valence-corrected chi connectivity index (χ2v) is 4.41. The van der Waals surface area contributed by atoms with E-state index < -0.39 is 0 Å². The van der Waals surface area contributed by atoms with Crippen LogP contribution in [0.3, 0.4) is 0 Å². The lowest BCUT2D eigenvalue weighted by Gasteiger charge is -2.09. The van der Waals surface area contributed by atoms with Gasteiger partial charge in [0.2, 0.25) is 5.91 Å². The Morgan fingerprint density at radius 1 is 1.25 bits per heavy atom.